The lowest BCUT2D eigenvalue weighted by Gasteiger charge is -2.27. The molecule has 1 aliphatic rings. The van der Waals surface area contributed by atoms with Crippen molar-refractivity contribution in [2.45, 2.75) is 15.5 Å². The van der Waals surface area contributed by atoms with Crippen molar-refractivity contribution in [3.8, 4) is 0 Å². The Morgan fingerprint density at radius 3 is 2.55 bits per heavy atom. The van der Waals surface area contributed by atoms with E-state index in [2.05, 4.69) is 17.4 Å². The van der Waals surface area contributed by atoms with Gasteiger partial charge in [0.1, 0.15) is 6.54 Å². The number of nitrogens with one attached hydrogen (secondary N) is 1. The summed E-state index contributed by atoms with van der Waals surface area (Å²) >= 11 is 3.06. The van der Waals surface area contributed by atoms with Gasteiger partial charge in [0.05, 0.1) is 17.1 Å². The number of anilines is 2. The van der Waals surface area contributed by atoms with Crippen LogP contribution in [0.4, 0.5) is 11.4 Å². The van der Waals surface area contributed by atoms with Crippen molar-refractivity contribution in [1.82, 2.24) is 0 Å². The Morgan fingerprint density at radius 1 is 0.970 bits per heavy atom. The average Bonchev–Trinajstić information content (AvgIpc) is 2.85. The van der Waals surface area contributed by atoms with Gasteiger partial charge in [-0.3, -0.25) is 19.3 Å². The molecule has 1 N–H and O–H groups in total. The standard InChI is InChI=1S/C25H22N2O4S2/c28-23(26-19-10-4-6-12-21(19)32-16-18-8-2-1-3-9-18)15-31-25(30)14-27-20-11-5-7-13-22(20)33-17-24(27)29/h1-13H,14-17H2,(H,26,28). The lowest BCUT2D eigenvalue weighted by molar-refractivity contribution is -0.146. The fourth-order valence-electron chi connectivity index (χ4n) is 3.27. The number of benzene rings is 3. The van der Waals surface area contributed by atoms with Gasteiger partial charge in [0.15, 0.2) is 6.61 Å². The Morgan fingerprint density at radius 2 is 1.70 bits per heavy atom. The van der Waals surface area contributed by atoms with Crippen LogP contribution in [-0.2, 0) is 24.9 Å². The lowest BCUT2D eigenvalue weighted by atomic mass is 10.2. The van der Waals surface area contributed by atoms with Crippen LogP contribution in [0.2, 0.25) is 0 Å². The molecule has 0 saturated carbocycles. The first kappa shape index (κ1) is 22.9. The molecule has 8 heteroatoms. The van der Waals surface area contributed by atoms with E-state index in [1.54, 1.807) is 17.8 Å². The van der Waals surface area contributed by atoms with Gasteiger partial charge in [-0.25, -0.2) is 0 Å². The Kier molecular flexibility index (Phi) is 7.70. The van der Waals surface area contributed by atoms with Gasteiger partial charge in [0.2, 0.25) is 5.91 Å². The minimum atomic E-state index is -0.632. The van der Waals surface area contributed by atoms with Crippen LogP contribution >= 0.6 is 23.5 Å². The molecule has 0 saturated heterocycles. The van der Waals surface area contributed by atoms with Gasteiger partial charge in [-0.15, -0.1) is 23.5 Å². The molecular formula is C25H22N2O4S2. The van der Waals surface area contributed by atoms with Crippen LogP contribution in [0.1, 0.15) is 5.56 Å². The molecule has 3 aromatic carbocycles. The fourth-order valence-corrected chi connectivity index (χ4v) is 5.17. The normalized spacial score (nSPS) is 12.7. The van der Waals surface area contributed by atoms with Crippen molar-refractivity contribution in [1.29, 1.82) is 0 Å². The van der Waals surface area contributed by atoms with Crippen LogP contribution in [0, 0.1) is 0 Å². The van der Waals surface area contributed by atoms with Gasteiger partial charge >= 0.3 is 5.97 Å². The molecule has 4 rings (SSSR count). The van der Waals surface area contributed by atoms with Crippen LogP contribution in [0.25, 0.3) is 0 Å². The van der Waals surface area contributed by atoms with E-state index in [-0.39, 0.29) is 18.2 Å². The maximum absolute atomic E-state index is 12.4. The van der Waals surface area contributed by atoms with E-state index in [1.165, 1.54) is 22.2 Å². The first-order valence-corrected chi connectivity index (χ1v) is 12.3. The van der Waals surface area contributed by atoms with Crippen molar-refractivity contribution >= 4 is 52.7 Å². The Hall–Kier alpha value is -3.23. The molecule has 0 radical (unpaired) electrons. The van der Waals surface area contributed by atoms with Gasteiger partial charge in [-0.05, 0) is 29.8 Å². The Labute approximate surface area is 200 Å². The summed E-state index contributed by atoms with van der Waals surface area (Å²) in [6.45, 7) is -0.651. The molecule has 1 aliphatic heterocycles. The molecule has 0 atom stereocenters. The van der Waals surface area contributed by atoms with Crippen molar-refractivity contribution in [3.05, 3.63) is 84.4 Å². The highest BCUT2D eigenvalue weighted by Gasteiger charge is 2.27. The summed E-state index contributed by atoms with van der Waals surface area (Å²) in [4.78, 5) is 40.3. The molecule has 33 heavy (non-hydrogen) atoms. The van der Waals surface area contributed by atoms with Crippen molar-refractivity contribution < 1.29 is 19.1 Å². The third kappa shape index (κ3) is 6.18. The van der Waals surface area contributed by atoms with Crippen molar-refractivity contribution in [3.63, 3.8) is 0 Å². The molecule has 3 aromatic rings. The second kappa shape index (κ2) is 11.1. The number of rotatable bonds is 8. The fraction of sp³-hybridized carbons (Fsp3) is 0.160. The van der Waals surface area contributed by atoms with Crippen LogP contribution in [0.15, 0.2) is 88.7 Å². The Balaban J connectivity index is 1.30. The van der Waals surface area contributed by atoms with Crippen LogP contribution < -0.4 is 10.2 Å². The van der Waals surface area contributed by atoms with Gasteiger partial charge in [-0.1, -0.05) is 54.6 Å². The third-order valence-electron chi connectivity index (χ3n) is 4.86. The molecule has 0 bridgehead atoms. The number of ether oxygens (including phenoxy) is 1. The molecule has 1 heterocycles. The lowest BCUT2D eigenvalue weighted by Crippen LogP contribution is -2.40. The number of thioether (sulfide) groups is 2. The van der Waals surface area contributed by atoms with E-state index in [9.17, 15) is 14.4 Å². The number of carbonyl (C=O) groups is 3. The smallest absolute Gasteiger partial charge is 0.326 e. The quantitative estimate of drug-likeness (QED) is 0.377. The molecule has 168 valence electrons. The van der Waals surface area contributed by atoms with E-state index in [1.807, 2.05) is 60.7 Å². The first-order valence-electron chi connectivity index (χ1n) is 10.3. The second-order valence-electron chi connectivity index (χ2n) is 7.22. The minimum absolute atomic E-state index is 0.163. The molecule has 0 unspecified atom stereocenters. The van der Waals surface area contributed by atoms with Crippen LogP contribution in [0.3, 0.4) is 0 Å². The SMILES string of the molecule is O=C(COC(=O)CN1C(=O)CSc2ccccc21)Nc1ccccc1SCc1ccccc1. The minimum Gasteiger partial charge on any atom is -0.454 e. The van der Waals surface area contributed by atoms with E-state index in [0.29, 0.717) is 11.4 Å². The highest BCUT2D eigenvalue weighted by molar-refractivity contribution is 8.00. The predicted octanol–water partition coefficient (Wildman–Crippen LogP) is 4.60. The summed E-state index contributed by atoms with van der Waals surface area (Å²) in [5.74, 6) is -0.192. The molecule has 0 aromatic heterocycles. The maximum Gasteiger partial charge on any atom is 0.326 e. The van der Waals surface area contributed by atoms with Gasteiger partial charge < -0.3 is 10.1 Å². The van der Waals surface area contributed by atoms with Crippen molar-refractivity contribution in [2.24, 2.45) is 0 Å². The molecule has 0 fully saturated rings. The zero-order chi connectivity index (χ0) is 23.0. The number of amides is 2. The van der Waals surface area contributed by atoms with Crippen molar-refractivity contribution in [2.75, 3.05) is 29.1 Å². The zero-order valence-corrected chi connectivity index (χ0v) is 19.4. The van der Waals surface area contributed by atoms with E-state index >= 15 is 0 Å². The van der Waals surface area contributed by atoms with Gasteiger partial charge in [0.25, 0.3) is 5.91 Å². The number of nitrogens with zero attached hydrogens (tertiary/aromatic N) is 1. The molecule has 0 aliphatic carbocycles. The van der Waals surface area contributed by atoms with E-state index in [0.717, 1.165) is 15.5 Å². The number of hydrogen-bond donors (Lipinski definition) is 1. The first-order chi connectivity index (χ1) is 16.1. The van der Waals surface area contributed by atoms with Crippen LogP contribution in [0.5, 0.6) is 0 Å². The molecular weight excluding hydrogens is 456 g/mol. The predicted molar refractivity (Wildman–Crippen MR) is 132 cm³/mol. The number of fused-ring (bicyclic) bond motifs is 1. The van der Waals surface area contributed by atoms with Crippen LogP contribution in [-0.4, -0.2) is 36.7 Å². The summed E-state index contributed by atoms with van der Waals surface area (Å²) in [5.41, 5.74) is 2.53. The number of esters is 1. The summed E-state index contributed by atoms with van der Waals surface area (Å²) in [7, 11) is 0. The number of carbonyl (C=O) groups excluding carboxylic acids is 3. The average molecular weight is 479 g/mol. The molecule has 0 spiro atoms. The largest absolute Gasteiger partial charge is 0.454 e. The number of hydrogen-bond acceptors (Lipinski definition) is 6. The summed E-state index contributed by atoms with van der Waals surface area (Å²) in [6, 6.07) is 25.0. The highest BCUT2D eigenvalue weighted by Crippen LogP contribution is 2.34. The van der Waals surface area contributed by atoms with Gasteiger partial charge in [0, 0.05) is 15.5 Å². The van der Waals surface area contributed by atoms with E-state index in [4.69, 9.17) is 4.74 Å². The van der Waals surface area contributed by atoms with Gasteiger partial charge in [-0.2, -0.15) is 0 Å². The molecule has 2 amide bonds. The molecule has 6 nitrogen and oxygen atoms in total. The Bertz CT molecular complexity index is 1150. The topological polar surface area (TPSA) is 75.7 Å². The second-order valence-corrected chi connectivity index (χ2v) is 9.25. The zero-order valence-electron chi connectivity index (χ0n) is 17.7. The maximum atomic E-state index is 12.4. The highest BCUT2D eigenvalue weighted by atomic mass is 32.2. The number of para-hydroxylation sites is 2. The summed E-state index contributed by atoms with van der Waals surface area (Å²) < 4.78 is 5.15. The summed E-state index contributed by atoms with van der Waals surface area (Å²) in [5, 5.41) is 2.81. The van der Waals surface area contributed by atoms with E-state index < -0.39 is 18.5 Å². The monoisotopic (exact) mass is 478 g/mol. The third-order valence-corrected chi connectivity index (χ3v) is 7.05. The summed E-state index contributed by atoms with van der Waals surface area (Å²) in [6.07, 6.45) is 0.